The molecule has 8 nitrogen and oxygen atoms in total. The summed E-state index contributed by atoms with van der Waals surface area (Å²) in [6, 6.07) is 0. The molecule has 0 unspecified atom stereocenters. The normalized spacial score (nSPS) is 19.9. The van der Waals surface area contributed by atoms with Crippen LogP contribution in [0.1, 0.15) is 0 Å². The first-order valence-corrected chi connectivity index (χ1v) is 4.30. The average molecular weight is 230 g/mol. The van der Waals surface area contributed by atoms with Gasteiger partial charge >= 0.3 is 11.9 Å². The molecule has 0 radical (unpaired) electrons. The Labute approximate surface area is 90.1 Å². The second kappa shape index (κ2) is 5.24. The molecule has 0 aliphatic carbocycles. The van der Waals surface area contributed by atoms with E-state index in [4.69, 9.17) is 14.9 Å². The van der Waals surface area contributed by atoms with Gasteiger partial charge in [0.2, 0.25) is 0 Å². The molecular weight excluding hydrogens is 220 g/mol. The SMILES string of the molecule is O=C(O)CO[C@H]1C=CC(=O)N(CC(=O)O)N1. The number of carbonyl (C=O) groups excluding carboxylic acids is 1. The minimum absolute atomic E-state index is 0.530. The van der Waals surface area contributed by atoms with Crippen molar-refractivity contribution in [2.75, 3.05) is 13.2 Å². The van der Waals surface area contributed by atoms with E-state index in [0.29, 0.717) is 0 Å². The Morgan fingerprint density at radius 2 is 2.12 bits per heavy atom. The van der Waals surface area contributed by atoms with Gasteiger partial charge in [-0.2, -0.15) is 5.43 Å². The molecule has 88 valence electrons. The Balaban J connectivity index is 2.52. The number of hydrogen-bond donors (Lipinski definition) is 3. The van der Waals surface area contributed by atoms with Crippen LogP contribution < -0.4 is 5.43 Å². The number of hydrazine groups is 1. The monoisotopic (exact) mass is 230 g/mol. The van der Waals surface area contributed by atoms with E-state index in [0.717, 1.165) is 11.1 Å². The molecule has 1 aliphatic rings. The first kappa shape index (κ1) is 12.1. The molecule has 1 atom stereocenters. The smallest absolute Gasteiger partial charge is 0.329 e. The molecular formula is C8H10N2O6. The highest BCUT2D eigenvalue weighted by molar-refractivity contribution is 5.90. The quantitative estimate of drug-likeness (QED) is 0.520. The lowest BCUT2D eigenvalue weighted by Gasteiger charge is -2.28. The largest absolute Gasteiger partial charge is 0.480 e. The molecule has 1 heterocycles. The lowest BCUT2D eigenvalue weighted by molar-refractivity contribution is -0.152. The van der Waals surface area contributed by atoms with E-state index in [-0.39, 0.29) is 0 Å². The summed E-state index contributed by atoms with van der Waals surface area (Å²) >= 11 is 0. The molecule has 0 spiro atoms. The van der Waals surface area contributed by atoms with Gasteiger partial charge < -0.3 is 14.9 Å². The number of nitrogens with one attached hydrogen (secondary N) is 1. The predicted molar refractivity (Wildman–Crippen MR) is 49.0 cm³/mol. The van der Waals surface area contributed by atoms with Crippen LogP contribution in [0.25, 0.3) is 0 Å². The molecule has 1 rings (SSSR count). The highest BCUT2D eigenvalue weighted by Crippen LogP contribution is 2.01. The van der Waals surface area contributed by atoms with Crippen LogP contribution >= 0.6 is 0 Å². The van der Waals surface area contributed by atoms with Gasteiger partial charge in [0.25, 0.3) is 5.91 Å². The molecule has 8 heteroatoms. The van der Waals surface area contributed by atoms with Crippen LogP contribution in [0, 0.1) is 0 Å². The summed E-state index contributed by atoms with van der Waals surface area (Å²) in [5, 5.41) is 17.7. The number of ether oxygens (including phenoxy) is 1. The summed E-state index contributed by atoms with van der Waals surface area (Å²) in [4.78, 5) is 31.8. The van der Waals surface area contributed by atoms with Gasteiger partial charge in [0.05, 0.1) is 0 Å². The van der Waals surface area contributed by atoms with Crippen molar-refractivity contribution < 1.29 is 29.3 Å². The number of carboxylic acid groups (broad SMARTS) is 2. The van der Waals surface area contributed by atoms with Crippen LogP contribution in [0.15, 0.2) is 12.2 Å². The molecule has 0 bridgehead atoms. The van der Waals surface area contributed by atoms with Gasteiger partial charge in [-0.1, -0.05) is 0 Å². The molecule has 0 aromatic heterocycles. The summed E-state index contributed by atoms with van der Waals surface area (Å²) in [6.07, 6.45) is 1.60. The van der Waals surface area contributed by atoms with E-state index >= 15 is 0 Å². The van der Waals surface area contributed by atoms with Crippen molar-refractivity contribution in [3.8, 4) is 0 Å². The standard InChI is InChI=1S/C8H10N2O6/c11-6-2-1-5(16-4-8(14)15)9-10(6)3-7(12)13/h1-2,5,9H,3-4H2,(H,12,13)(H,14,15)/t5-/m0/s1. The Kier molecular flexibility index (Phi) is 3.97. The van der Waals surface area contributed by atoms with E-state index < -0.39 is 37.2 Å². The van der Waals surface area contributed by atoms with Gasteiger partial charge in [-0.15, -0.1) is 0 Å². The number of nitrogens with zero attached hydrogens (tertiary/aromatic N) is 1. The van der Waals surface area contributed by atoms with Crippen molar-refractivity contribution in [3.05, 3.63) is 12.2 Å². The zero-order valence-electron chi connectivity index (χ0n) is 8.12. The lowest BCUT2D eigenvalue weighted by Crippen LogP contribution is -2.53. The fraction of sp³-hybridized carbons (Fsp3) is 0.375. The molecule has 1 aliphatic heterocycles. The van der Waals surface area contributed by atoms with Crippen molar-refractivity contribution in [1.29, 1.82) is 0 Å². The van der Waals surface area contributed by atoms with Crippen molar-refractivity contribution in [1.82, 2.24) is 10.4 Å². The van der Waals surface area contributed by atoms with E-state index in [1.165, 1.54) is 6.08 Å². The Hall–Kier alpha value is -1.93. The number of carboxylic acids is 2. The van der Waals surface area contributed by atoms with Gasteiger partial charge in [0, 0.05) is 6.08 Å². The topological polar surface area (TPSA) is 116 Å². The summed E-state index contributed by atoms with van der Waals surface area (Å²) in [6.45, 7) is -1.08. The lowest BCUT2D eigenvalue weighted by atomic mass is 10.3. The zero-order chi connectivity index (χ0) is 12.1. The molecule has 0 saturated heterocycles. The van der Waals surface area contributed by atoms with Crippen LogP contribution in [-0.2, 0) is 19.1 Å². The highest BCUT2D eigenvalue weighted by Gasteiger charge is 2.22. The molecule has 1 amide bonds. The van der Waals surface area contributed by atoms with Crippen molar-refractivity contribution in [3.63, 3.8) is 0 Å². The molecule has 0 aromatic carbocycles. The van der Waals surface area contributed by atoms with Crippen molar-refractivity contribution >= 4 is 17.8 Å². The summed E-state index contributed by atoms with van der Waals surface area (Å²) in [5.41, 5.74) is 2.42. The number of rotatable bonds is 5. The number of aliphatic carboxylic acids is 2. The van der Waals surface area contributed by atoms with Gasteiger partial charge in [-0.05, 0) is 6.08 Å². The Morgan fingerprint density at radius 3 is 2.69 bits per heavy atom. The molecule has 0 fully saturated rings. The first-order valence-electron chi connectivity index (χ1n) is 4.30. The molecule has 16 heavy (non-hydrogen) atoms. The maximum Gasteiger partial charge on any atom is 0.329 e. The van der Waals surface area contributed by atoms with Gasteiger partial charge in [-0.3, -0.25) is 14.6 Å². The van der Waals surface area contributed by atoms with Crippen LogP contribution in [0.4, 0.5) is 0 Å². The highest BCUT2D eigenvalue weighted by atomic mass is 16.5. The van der Waals surface area contributed by atoms with E-state index in [1.54, 1.807) is 0 Å². The van der Waals surface area contributed by atoms with Gasteiger partial charge in [0.15, 0.2) is 0 Å². The second-order valence-electron chi connectivity index (χ2n) is 2.93. The van der Waals surface area contributed by atoms with E-state index in [1.807, 2.05) is 0 Å². The molecule has 0 saturated carbocycles. The summed E-state index contributed by atoms with van der Waals surface area (Å²) in [7, 11) is 0. The third kappa shape index (κ3) is 3.67. The van der Waals surface area contributed by atoms with Crippen LogP contribution in [0.2, 0.25) is 0 Å². The minimum Gasteiger partial charge on any atom is -0.480 e. The fourth-order valence-corrected chi connectivity index (χ4v) is 1.03. The number of carbonyl (C=O) groups is 3. The summed E-state index contributed by atoms with van der Waals surface area (Å²) < 4.78 is 4.82. The zero-order valence-corrected chi connectivity index (χ0v) is 8.12. The van der Waals surface area contributed by atoms with Crippen molar-refractivity contribution in [2.45, 2.75) is 6.23 Å². The van der Waals surface area contributed by atoms with Gasteiger partial charge in [0.1, 0.15) is 19.4 Å². The number of amides is 1. The average Bonchev–Trinajstić information content (AvgIpc) is 2.18. The maximum absolute atomic E-state index is 11.2. The number of hydrogen-bond acceptors (Lipinski definition) is 5. The second-order valence-corrected chi connectivity index (χ2v) is 2.93. The van der Waals surface area contributed by atoms with E-state index in [9.17, 15) is 14.4 Å². The Morgan fingerprint density at radius 1 is 1.44 bits per heavy atom. The Bertz CT molecular complexity index is 339. The van der Waals surface area contributed by atoms with Gasteiger partial charge in [-0.25, -0.2) is 4.79 Å². The predicted octanol–water partition coefficient (Wildman–Crippen LogP) is -1.60. The third-order valence-electron chi connectivity index (χ3n) is 1.64. The minimum atomic E-state index is -1.19. The fourth-order valence-electron chi connectivity index (χ4n) is 1.03. The van der Waals surface area contributed by atoms with Crippen molar-refractivity contribution in [2.24, 2.45) is 0 Å². The summed E-state index contributed by atoms with van der Waals surface area (Å²) in [5.74, 6) is -2.87. The van der Waals surface area contributed by atoms with Crippen LogP contribution in [0.3, 0.4) is 0 Å². The first-order chi connectivity index (χ1) is 7.49. The van der Waals surface area contributed by atoms with E-state index in [2.05, 4.69) is 5.43 Å². The molecule has 0 aromatic rings. The molecule has 3 N–H and O–H groups in total. The van der Waals surface area contributed by atoms with Crippen LogP contribution in [0.5, 0.6) is 0 Å². The van der Waals surface area contributed by atoms with Crippen LogP contribution in [-0.4, -0.2) is 52.4 Å². The third-order valence-corrected chi connectivity index (χ3v) is 1.64. The maximum atomic E-state index is 11.2.